The zero-order valence-corrected chi connectivity index (χ0v) is 20.9. The summed E-state index contributed by atoms with van der Waals surface area (Å²) in [6.45, 7) is 5.49. The molecule has 0 aliphatic carbocycles. The smallest absolute Gasteiger partial charge is 0.416 e. The molecule has 0 amide bonds. The molecular weight excluding hydrogens is 503 g/mol. The first-order valence-corrected chi connectivity index (χ1v) is 11.7. The van der Waals surface area contributed by atoms with E-state index in [1.54, 1.807) is 6.07 Å². The number of ether oxygens (including phenoxy) is 1. The van der Waals surface area contributed by atoms with Crippen LogP contribution in [0.4, 0.5) is 19.0 Å². The zero-order chi connectivity index (χ0) is 27.7. The second kappa shape index (κ2) is 10.3. The minimum atomic E-state index is -4.40. The topological polar surface area (TPSA) is 151 Å². The van der Waals surface area contributed by atoms with Gasteiger partial charge in [0.25, 0.3) is 0 Å². The van der Waals surface area contributed by atoms with Gasteiger partial charge in [0, 0.05) is 18.7 Å². The van der Waals surface area contributed by atoms with E-state index in [-0.39, 0.29) is 29.7 Å². The number of benzene rings is 1. The van der Waals surface area contributed by atoms with Crippen LogP contribution < -0.4 is 16.2 Å². The molecule has 0 fully saturated rings. The standard InChI is InChI=1S/C25H26F3N7O3/c1-4-35-18-12-19(37-13-16(29)11-14-5-7-15(8-6-14)25(26,27)28)31-17(9-10-24(2,3)36)20(18)32-23(35)21-22(30)34-38-33-21/h5-8,12,16,36H,4,11,13,29H2,1-3H3,(H2,30,34)/t16-/m1/s1. The van der Waals surface area contributed by atoms with Gasteiger partial charge in [-0.3, -0.25) is 0 Å². The van der Waals surface area contributed by atoms with Crippen LogP contribution in [0.25, 0.3) is 22.6 Å². The van der Waals surface area contributed by atoms with Crippen molar-refractivity contribution in [1.29, 1.82) is 0 Å². The molecule has 4 aromatic rings. The van der Waals surface area contributed by atoms with Crippen molar-refractivity contribution in [1.82, 2.24) is 24.8 Å². The van der Waals surface area contributed by atoms with Gasteiger partial charge in [-0.2, -0.15) is 13.2 Å². The van der Waals surface area contributed by atoms with E-state index in [0.717, 1.165) is 12.1 Å². The summed E-state index contributed by atoms with van der Waals surface area (Å²) in [6.07, 6.45) is -4.11. The molecule has 0 bridgehead atoms. The molecule has 0 radical (unpaired) electrons. The summed E-state index contributed by atoms with van der Waals surface area (Å²) in [5.74, 6) is 6.25. The van der Waals surface area contributed by atoms with Crippen molar-refractivity contribution in [3.63, 3.8) is 0 Å². The number of halogens is 3. The highest BCUT2D eigenvalue weighted by atomic mass is 19.4. The van der Waals surface area contributed by atoms with E-state index in [1.165, 1.54) is 26.0 Å². The third-order valence-corrected chi connectivity index (χ3v) is 5.47. The van der Waals surface area contributed by atoms with E-state index < -0.39 is 23.4 Å². The molecule has 1 aromatic carbocycles. The fourth-order valence-corrected chi connectivity index (χ4v) is 3.71. The number of aliphatic hydroxyl groups is 1. The van der Waals surface area contributed by atoms with Gasteiger partial charge in [0.2, 0.25) is 5.88 Å². The molecule has 0 spiro atoms. The molecule has 0 aliphatic rings. The molecule has 13 heteroatoms. The van der Waals surface area contributed by atoms with E-state index >= 15 is 0 Å². The number of anilines is 1. The number of alkyl halides is 3. The highest BCUT2D eigenvalue weighted by molar-refractivity contribution is 5.86. The van der Waals surface area contributed by atoms with Gasteiger partial charge in [0.1, 0.15) is 23.4 Å². The van der Waals surface area contributed by atoms with Crippen LogP contribution in [-0.2, 0) is 19.1 Å². The van der Waals surface area contributed by atoms with Gasteiger partial charge >= 0.3 is 6.18 Å². The van der Waals surface area contributed by atoms with E-state index in [0.29, 0.717) is 35.4 Å². The summed E-state index contributed by atoms with van der Waals surface area (Å²) in [4.78, 5) is 9.08. The lowest BCUT2D eigenvalue weighted by molar-refractivity contribution is -0.137. The van der Waals surface area contributed by atoms with Crippen LogP contribution in [0.5, 0.6) is 5.88 Å². The highest BCUT2D eigenvalue weighted by Crippen LogP contribution is 2.31. The summed E-state index contributed by atoms with van der Waals surface area (Å²) in [5, 5.41) is 17.6. The third kappa shape index (κ3) is 6.04. The van der Waals surface area contributed by atoms with Crippen LogP contribution >= 0.6 is 0 Å². The number of nitrogen functional groups attached to an aromatic ring is 1. The molecule has 0 unspecified atom stereocenters. The van der Waals surface area contributed by atoms with E-state index in [1.807, 2.05) is 11.5 Å². The van der Waals surface area contributed by atoms with Gasteiger partial charge in [0.15, 0.2) is 17.3 Å². The number of nitrogens with zero attached hydrogens (tertiary/aromatic N) is 5. The Morgan fingerprint density at radius 3 is 2.45 bits per heavy atom. The number of fused-ring (bicyclic) bond motifs is 1. The summed E-state index contributed by atoms with van der Waals surface area (Å²) in [5.41, 5.74) is 12.3. The van der Waals surface area contributed by atoms with E-state index in [4.69, 9.17) is 20.8 Å². The highest BCUT2D eigenvalue weighted by Gasteiger charge is 2.30. The molecule has 200 valence electrons. The van der Waals surface area contributed by atoms with Gasteiger partial charge in [-0.05, 0) is 61.1 Å². The Morgan fingerprint density at radius 2 is 1.87 bits per heavy atom. The number of aryl methyl sites for hydroxylation is 1. The fraction of sp³-hybridized carbons (Fsp3) is 0.360. The predicted molar refractivity (Wildman–Crippen MR) is 133 cm³/mol. The summed E-state index contributed by atoms with van der Waals surface area (Å²) >= 11 is 0. The average molecular weight is 530 g/mol. The molecule has 38 heavy (non-hydrogen) atoms. The lowest BCUT2D eigenvalue weighted by atomic mass is 10.0. The Kier molecular flexibility index (Phi) is 7.30. The van der Waals surface area contributed by atoms with Crippen molar-refractivity contribution in [2.24, 2.45) is 5.73 Å². The van der Waals surface area contributed by atoms with Gasteiger partial charge < -0.3 is 25.9 Å². The van der Waals surface area contributed by atoms with Crippen molar-refractivity contribution in [3.05, 3.63) is 47.2 Å². The van der Waals surface area contributed by atoms with Gasteiger partial charge in [0.05, 0.1) is 11.1 Å². The molecule has 1 atom stereocenters. The quantitative estimate of drug-likeness (QED) is 0.307. The number of rotatable bonds is 7. The Hall–Kier alpha value is -4.15. The van der Waals surface area contributed by atoms with Gasteiger partial charge in [-0.15, -0.1) is 0 Å². The van der Waals surface area contributed by atoms with Crippen molar-refractivity contribution >= 4 is 16.9 Å². The van der Waals surface area contributed by atoms with Crippen molar-refractivity contribution in [2.45, 2.75) is 51.6 Å². The van der Waals surface area contributed by atoms with Crippen LogP contribution in [-0.4, -0.2) is 48.2 Å². The van der Waals surface area contributed by atoms with Gasteiger partial charge in [-0.1, -0.05) is 18.1 Å². The minimum absolute atomic E-state index is 0.0329. The van der Waals surface area contributed by atoms with E-state index in [9.17, 15) is 18.3 Å². The van der Waals surface area contributed by atoms with Crippen molar-refractivity contribution in [3.8, 4) is 29.2 Å². The lowest BCUT2D eigenvalue weighted by Crippen LogP contribution is -2.30. The Balaban J connectivity index is 1.63. The maximum atomic E-state index is 12.8. The Morgan fingerprint density at radius 1 is 1.16 bits per heavy atom. The average Bonchev–Trinajstić information content (AvgIpc) is 3.43. The molecular formula is C25H26F3N7O3. The normalized spacial score (nSPS) is 12.8. The van der Waals surface area contributed by atoms with Crippen LogP contribution in [0, 0.1) is 11.8 Å². The second-order valence-electron chi connectivity index (χ2n) is 9.13. The van der Waals surface area contributed by atoms with Crippen LogP contribution in [0.1, 0.15) is 37.6 Å². The largest absolute Gasteiger partial charge is 0.476 e. The number of hydrogen-bond donors (Lipinski definition) is 3. The number of hydrogen-bond acceptors (Lipinski definition) is 9. The summed E-state index contributed by atoms with van der Waals surface area (Å²) in [7, 11) is 0. The molecule has 10 nitrogen and oxygen atoms in total. The van der Waals surface area contributed by atoms with Crippen LogP contribution in [0.2, 0.25) is 0 Å². The number of nitrogens with two attached hydrogens (primary N) is 2. The number of pyridine rings is 1. The molecule has 5 N–H and O–H groups in total. The SMILES string of the molecule is CCn1c(-c2nonc2N)nc2c(C#CC(C)(C)O)nc(OC[C@H](N)Cc3ccc(C(F)(F)F)cc3)cc21. The van der Waals surface area contributed by atoms with Crippen molar-refractivity contribution < 1.29 is 27.6 Å². The summed E-state index contributed by atoms with van der Waals surface area (Å²) in [6, 6.07) is 5.97. The monoisotopic (exact) mass is 529 g/mol. The van der Waals surface area contributed by atoms with Crippen LogP contribution in [0.15, 0.2) is 35.0 Å². The molecule has 4 rings (SSSR count). The zero-order valence-electron chi connectivity index (χ0n) is 20.9. The predicted octanol–water partition coefficient (Wildman–Crippen LogP) is 3.17. The molecule has 0 saturated carbocycles. The molecule has 3 heterocycles. The first kappa shape index (κ1) is 26.9. The minimum Gasteiger partial charge on any atom is -0.476 e. The maximum Gasteiger partial charge on any atom is 0.416 e. The lowest BCUT2D eigenvalue weighted by Gasteiger charge is -2.14. The Labute approximate surface area is 215 Å². The van der Waals surface area contributed by atoms with E-state index in [2.05, 4.69) is 32.1 Å². The Bertz CT molecular complexity index is 1490. The molecule has 0 aliphatic heterocycles. The number of imidazole rings is 1. The van der Waals surface area contributed by atoms with Gasteiger partial charge in [-0.25, -0.2) is 14.6 Å². The fourth-order valence-electron chi connectivity index (χ4n) is 3.71. The number of aromatic nitrogens is 5. The molecule has 3 aromatic heterocycles. The second-order valence-corrected chi connectivity index (χ2v) is 9.13. The maximum absolute atomic E-state index is 12.8. The first-order chi connectivity index (χ1) is 17.9. The molecule has 0 saturated heterocycles. The first-order valence-electron chi connectivity index (χ1n) is 11.7. The van der Waals surface area contributed by atoms with Crippen molar-refractivity contribution in [2.75, 3.05) is 12.3 Å². The third-order valence-electron chi connectivity index (χ3n) is 5.47. The summed E-state index contributed by atoms with van der Waals surface area (Å²) < 4.78 is 50.8. The van der Waals surface area contributed by atoms with Crippen LogP contribution in [0.3, 0.4) is 0 Å².